The van der Waals surface area contributed by atoms with Gasteiger partial charge < -0.3 is 18.6 Å². The number of ketones is 1. The van der Waals surface area contributed by atoms with Crippen molar-refractivity contribution in [3.8, 4) is 11.5 Å². The number of hydrogen-bond donors (Lipinski definition) is 0. The number of ether oxygens (including phenoxy) is 3. The maximum absolute atomic E-state index is 13.8. The summed E-state index contributed by atoms with van der Waals surface area (Å²) < 4.78 is 21.9. The van der Waals surface area contributed by atoms with E-state index >= 15 is 0 Å². The van der Waals surface area contributed by atoms with Gasteiger partial charge in [0.15, 0.2) is 17.1 Å². The van der Waals surface area contributed by atoms with E-state index in [4.69, 9.17) is 18.6 Å². The predicted octanol–water partition coefficient (Wildman–Crippen LogP) is 5.44. The number of carbonyl (C=O) groups excluding carboxylic acids is 4. The van der Waals surface area contributed by atoms with Crippen molar-refractivity contribution in [2.75, 3.05) is 6.61 Å². The highest BCUT2D eigenvalue weighted by Gasteiger charge is 2.32. The predicted molar refractivity (Wildman–Crippen MR) is 142 cm³/mol. The van der Waals surface area contributed by atoms with Crippen LogP contribution in [0.25, 0.3) is 11.0 Å². The summed E-state index contributed by atoms with van der Waals surface area (Å²) in [6.45, 7) is 13.0. The van der Waals surface area contributed by atoms with Crippen molar-refractivity contribution in [1.29, 1.82) is 0 Å². The average Bonchev–Trinajstić information content (AvgIpc) is 2.80. The van der Waals surface area contributed by atoms with E-state index in [1.54, 1.807) is 6.92 Å². The molecule has 0 N–H and O–H groups in total. The molecule has 0 aliphatic carbocycles. The van der Waals surface area contributed by atoms with Crippen LogP contribution < -0.4 is 15.1 Å². The van der Waals surface area contributed by atoms with Gasteiger partial charge in [0.25, 0.3) is 0 Å². The number of fused-ring (bicyclic) bond motifs is 1. The molecule has 0 saturated carbocycles. The normalized spacial score (nSPS) is 12.4. The Bertz CT molecular complexity index is 1330. The fourth-order valence-corrected chi connectivity index (χ4v) is 4.03. The molecule has 1 aromatic carbocycles. The second-order valence-corrected chi connectivity index (χ2v) is 9.75. The number of allylic oxidation sites excluding steroid dienone is 2. The third kappa shape index (κ3) is 7.63. The van der Waals surface area contributed by atoms with E-state index in [2.05, 4.69) is 0 Å². The van der Waals surface area contributed by atoms with Crippen molar-refractivity contribution >= 4 is 34.7 Å². The third-order valence-corrected chi connectivity index (χ3v) is 5.95. The van der Waals surface area contributed by atoms with Gasteiger partial charge in [0.2, 0.25) is 0 Å². The highest BCUT2D eigenvalue weighted by atomic mass is 16.5. The van der Waals surface area contributed by atoms with Crippen LogP contribution in [-0.4, -0.2) is 30.3 Å². The van der Waals surface area contributed by atoms with Gasteiger partial charge in [-0.1, -0.05) is 32.4 Å². The van der Waals surface area contributed by atoms with E-state index in [9.17, 15) is 24.0 Å². The highest BCUT2D eigenvalue weighted by molar-refractivity contribution is 6.12. The van der Waals surface area contributed by atoms with Gasteiger partial charge in [-0.15, -0.1) is 0 Å². The smallest absolute Gasteiger partial charge is 0.336 e. The monoisotopic (exact) mass is 528 g/mol. The fourth-order valence-electron chi connectivity index (χ4n) is 4.03. The average molecular weight is 529 g/mol. The summed E-state index contributed by atoms with van der Waals surface area (Å²) in [5.74, 6) is -2.90. The molecule has 9 heteroatoms. The Labute approximate surface area is 222 Å². The molecule has 1 heterocycles. The van der Waals surface area contributed by atoms with Crippen molar-refractivity contribution in [1.82, 2.24) is 0 Å². The minimum atomic E-state index is -0.709. The molecule has 0 bridgehead atoms. The van der Waals surface area contributed by atoms with Crippen LogP contribution in [0.15, 0.2) is 26.9 Å². The lowest BCUT2D eigenvalue weighted by Gasteiger charge is -2.22. The quantitative estimate of drug-likeness (QED) is 0.123. The number of Topliss-reactive ketones (excluding diaryl/α,β-unsaturated/α-hetero) is 1. The summed E-state index contributed by atoms with van der Waals surface area (Å²) in [4.78, 5) is 62.2. The Balaban J connectivity index is 3.08. The molecule has 206 valence electrons. The molecule has 0 spiro atoms. The molecule has 0 aliphatic rings. The van der Waals surface area contributed by atoms with E-state index in [0.717, 1.165) is 5.57 Å². The Morgan fingerprint density at radius 2 is 1.55 bits per heavy atom. The van der Waals surface area contributed by atoms with Crippen LogP contribution in [0, 0.1) is 5.92 Å². The van der Waals surface area contributed by atoms with Gasteiger partial charge in [0, 0.05) is 38.8 Å². The minimum absolute atomic E-state index is 0.000126. The van der Waals surface area contributed by atoms with Crippen LogP contribution >= 0.6 is 0 Å². The van der Waals surface area contributed by atoms with Crippen LogP contribution in [0.4, 0.5) is 0 Å². The minimum Gasteiger partial charge on any atom is -0.466 e. The van der Waals surface area contributed by atoms with E-state index in [1.807, 2.05) is 33.8 Å². The molecular formula is C29H36O9. The number of carbonyl (C=O) groups is 4. The molecular weight excluding hydrogens is 492 g/mol. The van der Waals surface area contributed by atoms with Gasteiger partial charge >= 0.3 is 23.5 Å². The van der Waals surface area contributed by atoms with Crippen LogP contribution in [-0.2, 0) is 25.5 Å². The molecule has 1 aromatic heterocycles. The van der Waals surface area contributed by atoms with E-state index in [0.29, 0.717) is 22.9 Å². The van der Waals surface area contributed by atoms with Gasteiger partial charge in [0.1, 0.15) is 11.3 Å². The van der Waals surface area contributed by atoms with Gasteiger partial charge in [-0.25, -0.2) is 4.79 Å². The molecule has 0 fully saturated rings. The lowest BCUT2D eigenvalue weighted by Crippen LogP contribution is -2.18. The summed E-state index contributed by atoms with van der Waals surface area (Å²) in [5, 5.41) is 0.304. The largest absolute Gasteiger partial charge is 0.466 e. The van der Waals surface area contributed by atoms with Gasteiger partial charge in [-0.2, -0.15) is 0 Å². The number of rotatable bonds is 11. The van der Waals surface area contributed by atoms with Gasteiger partial charge in [0.05, 0.1) is 12.0 Å². The van der Waals surface area contributed by atoms with Gasteiger partial charge in [-0.05, 0) is 44.1 Å². The molecule has 0 amide bonds. The molecule has 2 atom stereocenters. The van der Waals surface area contributed by atoms with Crippen LogP contribution in [0.5, 0.6) is 11.5 Å². The topological polar surface area (TPSA) is 126 Å². The van der Waals surface area contributed by atoms with Crippen molar-refractivity contribution < 1.29 is 37.8 Å². The van der Waals surface area contributed by atoms with Crippen LogP contribution in [0.2, 0.25) is 0 Å². The zero-order valence-corrected chi connectivity index (χ0v) is 23.3. The fraction of sp³-hybridized carbons (Fsp3) is 0.483. The van der Waals surface area contributed by atoms with E-state index in [1.165, 1.54) is 26.8 Å². The number of benzene rings is 1. The first-order valence-corrected chi connectivity index (χ1v) is 12.6. The lowest BCUT2D eigenvalue weighted by atomic mass is 9.88. The number of hydrogen-bond acceptors (Lipinski definition) is 9. The number of esters is 3. The Morgan fingerprint density at radius 3 is 2.08 bits per heavy atom. The van der Waals surface area contributed by atoms with Crippen LogP contribution in [0.1, 0.15) is 95.6 Å². The summed E-state index contributed by atoms with van der Waals surface area (Å²) in [6.07, 6.45) is 2.57. The molecule has 2 rings (SSSR count). The highest BCUT2D eigenvalue weighted by Crippen LogP contribution is 2.45. The van der Waals surface area contributed by atoms with E-state index in [-0.39, 0.29) is 53.9 Å². The Kier molecular flexibility index (Phi) is 10.6. The second-order valence-electron chi connectivity index (χ2n) is 9.75. The maximum Gasteiger partial charge on any atom is 0.336 e. The molecule has 0 aliphatic heterocycles. The van der Waals surface area contributed by atoms with Crippen molar-refractivity contribution in [3.63, 3.8) is 0 Å². The zero-order chi connectivity index (χ0) is 28.7. The zero-order valence-electron chi connectivity index (χ0n) is 23.3. The first-order valence-electron chi connectivity index (χ1n) is 12.6. The van der Waals surface area contributed by atoms with Crippen molar-refractivity contribution in [2.45, 2.75) is 80.6 Å². The van der Waals surface area contributed by atoms with Gasteiger partial charge in [-0.3, -0.25) is 19.2 Å². The van der Waals surface area contributed by atoms with Crippen molar-refractivity contribution in [3.05, 3.63) is 44.8 Å². The molecule has 0 radical (unpaired) electrons. The molecule has 9 nitrogen and oxygen atoms in total. The summed E-state index contributed by atoms with van der Waals surface area (Å²) >= 11 is 0. The third-order valence-electron chi connectivity index (χ3n) is 5.95. The lowest BCUT2D eigenvalue weighted by molar-refractivity contribution is -0.142. The van der Waals surface area contributed by atoms with Crippen molar-refractivity contribution in [2.24, 2.45) is 5.92 Å². The SMILES string of the molecule is CCC(C)c1cc(=O)oc2c(C(=O)CC(C)COC(C)=O)c(OC(C)=O)c(CC=C(C)C)c(OC(C)=O)c12. The Morgan fingerprint density at radius 1 is 0.947 bits per heavy atom. The second kappa shape index (κ2) is 13.2. The van der Waals surface area contributed by atoms with E-state index < -0.39 is 29.3 Å². The summed E-state index contributed by atoms with van der Waals surface area (Å²) in [6, 6.07) is 1.33. The Hall–Kier alpha value is -3.75. The van der Waals surface area contributed by atoms with Crippen LogP contribution in [0.3, 0.4) is 0 Å². The summed E-state index contributed by atoms with van der Waals surface area (Å²) in [7, 11) is 0. The molecule has 38 heavy (non-hydrogen) atoms. The standard InChI is InChI=1S/C29H36O9/c1-9-17(5)22-13-24(34)38-29-25(22)27(36-19(7)31)21(11-10-15(2)3)28(37-20(8)32)26(29)23(33)12-16(4)14-35-18(6)30/h10,13,16-17H,9,11-12,14H2,1-8H3. The molecule has 0 saturated heterocycles. The molecule has 2 unspecified atom stereocenters. The molecule has 2 aromatic rings. The maximum atomic E-state index is 13.8. The first kappa shape index (κ1) is 30.5. The summed E-state index contributed by atoms with van der Waals surface area (Å²) in [5.41, 5.74) is 0.876. The first-order chi connectivity index (χ1) is 17.8.